The maximum atomic E-state index is 9.55. The van der Waals surface area contributed by atoms with E-state index in [2.05, 4.69) is 19.8 Å². The van der Waals surface area contributed by atoms with E-state index >= 15 is 0 Å². The van der Waals surface area contributed by atoms with Crippen molar-refractivity contribution in [2.24, 2.45) is 9.98 Å². The number of nitrogens with zero attached hydrogens (tertiary/aromatic N) is 4. The van der Waals surface area contributed by atoms with Crippen LogP contribution in [-0.4, -0.2) is 141 Å². The summed E-state index contributed by atoms with van der Waals surface area (Å²) in [6.45, 7) is 21.8. The lowest BCUT2D eigenvalue weighted by molar-refractivity contribution is -0.134. The van der Waals surface area contributed by atoms with Gasteiger partial charge in [0, 0.05) is 90.1 Å². The van der Waals surface area contributed by atoms with Crippen LogP contribution in [0.5, 0.6) is 0 Å². The van der Waals surface area contributed by atoms with Crippen molar-refractivity contribution in [3.05, 3.63) is 12.2 Å². The fourth-order valence-corrected chi connectivity index (χ4v) is 9.50. The van der Waals surface area contributed by atoms with Crippen molar-refractivity contribution < 1.29 is 46.4 Å². The highest BCUT2D eigenvalue weighted by Crippen LogP contribution is 2.19. The number of rotatable bonds is 22. The second-order valence-electron chi connectivity index (χ2n) is 9.30. The summed E-state index contributed by atoms with van der Waals surface area (Å²) in [4.78, 5) is 32.0. The summed E-state index contributed by atoms with van der Waals surface area (Å²) in [6.07, 6.45) is 7.04. The average molecular weight is 665 g/mol. The normalized spacial score (nSPS) is 14.5. The Morgan fingerprint density at radius 2 is 0.932 bits per heavy atom. The largest absolute Gasteiger partial charge is 0.500 e. The van der Waals surface area contributed by atoms with Crippen LogP contribution < -0.4 is 0 Å². The quantitative estimate of drug-likeness (QED) is 0.129. The van der Waals surface area contributed by atoms with Crippen LogP contribution >= 0.6 is 0 Å². The van der Waals surface area contributed by atoms with E-state index in [4.69, 9.17) is 36.8 Å². The minimum Gasteiger partial charge on any atom is -0.478 e. The molecule has 2 rings (SSSR count). The molecule has 0 bridgehead atoms. The van der Waals surface area contributed by atoms with Crippen LogP contribution in [0.15, 0.2) is 22.1 Å². The minimum absolute atomic E-state index is 0.558. The lowest BCUT2D eigenvalue weighted by atomic mass is 10.4. The average Bonchev–Trinajstić information content (AvgIpc) is 3.69. The van der Waals surface area contributed by atoms with Crippen LogP contribution in [0, 0.1) is 0 Å². The summed E-state index contributed by atoms with van der Waals surface area (Å²) < 4.78 is 34.9. The van der Waals surface area contributed by atoms with Gasteiger partial charge in [-0.2, -0.15) is 0 Å². The van der Waals surface area contributed by atoms with Crippen molar-refractivity contribution in [3.8, 4) is 0 Å². The Morgan fingerprint density at radius 1 is 0.636 bits per heavy atom. The standard InChI is InChI=1S/2C12H26N2O3Si.C4H4O4/c2*1-4-15-18(16-5-2,17-6-3)11-7-9-14-10-8-13-12-14;5-3(6)1-2-4(7)8/h2*12H,4-11H2,1-3H3;1-2H,(H,5,6)(H,7,8). The summed E-state index contributed by atoms with van der Waals surface area (Å²) in [5.74, 6) is -2.51. The molecular formula is C28H56N4O10Si2. The third kappa shape index (κ3) is 20.0. The Hall–Kier alpha value is -2.19. The number of aliphatic carboxylic acids is 2. The van der Waals surface area contributed by atoms with Crippen molar-refractivity contribution >= 4 is 42.2 Å². The molecule has 0 fully saturated rings. The first-order valence-corrected chi connectivity index (χ1v) is 19.5. The number of hydrogen-bond donors (Lipinski definition) is 2. The molecule has 256 valence electrons. The molecule has 0 unspecified atom stereocenters. The van der Waals surface area contributed by atoms with Crippen molar-refractivity contribution in [2.45, 2.75) is 66.5 Å². The summed E-state index contributed by atoms with van der Waals surface area (Å²) in [6, 6.07) is 1.76. The minimum atomic E-state index is -2.44. The van der Waals surface area contributed by atoms with E-state index in [-0.39, 0.29) is 0 Å². The predicted octanol–water partition coefficient (Wildman–Crippen LogP) is 3.25. The second kappa shape index (κ2) is 26.1. The van der Waals surface area contributed by atoms with Crippen molar-refractivity contribution in [1.29, 1.82) is 0 Å². The van der Waals surface area contributed by atoms with Gasteiger partial charge in [0.2, 0.25) is 0 Å². The van der Waals surface area contributed by atoms with Crippen LogP contribution in [0.4, 0.5) is 0 Å². The van der Waals surface area contributed by atoms with E-state index in [1.54, 1.807) is 0 Å². The smallest absolute Gasteiger partial charge is 0.478 e. The topological polar surface area (TPSA) is 161 Å². The molecule has 14 nitrogen and oxygen atoms in total. The molecule has 0 aromatic heterocycles. The molecule has 0 radical (unpaired) electrons. The summed E-state index contributed by atoms with van der Waals surface area (Å²) in [7, 11) is -4.88. The van der Waals surface area contributed by atoms with Gasteiger partial charge >= 0.3 is 29.5 Å². The van der Waals surface area contributed by atoms with Crippen molar-refractivity contribution in [2.75, 3.05) is 78.9 Å². The molecule has 0 amide bonds. The van der Waals surface area contributed by atoms with E-state index in [0.717, 1.165) is 64.2 Å². The van der Waals surface area contributed by atoms with Gasteiger partial charge in [-0.25, -0.2) is 9.59 Å². The maximum Gasteiger partial charge on any atom is 0.500 e. The fourth-order valence-electron chi connectivity index (χ4n) is 4.32. The molecular weight excluding hydrogens is 608 g/mol. The number of carboxylic acids is 2. The highest BCUT2D eigenvalue weighted by atomic mass is 28.4. The second-order valence-corrected chi connectivity index (χ2v) is 14.8. The van der Waals surface area contributed by atoms with E-state index in [9.17, 15) is 9.59 Å². The first-order chi connectivity index (χ1) is 21.1. The highest BCUT2D eigenvalue weighted by Gasteiger charge is 2.40. The fraction of sp³-hybridized carbons (Fsp3) is 0.786. The Kier molecular flexibility index (Phi) is 24.8. The van der Waals surface area contributed by atoms with Crippen LogP contribution in [0.25, 0.3) is 0 Å². The van der Waals surface area contributed by atoms with Gasteiger partial charge in [-0.3, -0.25) is 9.98 Å². The van der Waals surface area contributed by atoms with Crippen molar-refractivity contribution in [3.63, 3.8) is 0 Å². The molecule has 0 aromatic rings. The van der Waals surface area contributed by atoms with Gasteiger partial charge in [-0.05, 0) is 54.4 Å². The lowest BCUT2D eigenvalue weighted by Gasteiger charge is -2.29. The van der Waals surface area contributed by atoms with Gasteiger partial charge in [0.15, 0.2) is 0 Å². The molecule has 44 heavy (non-hydrogen) atoms. The number of carboxylic acid groups (broad SMARTS) is 2. The number of hydrogen-bond acceptors (Lipinski definition) is 12. The van der Waals surface area contributed by atoms with E-state index in [1.807, 2.05) is 54.2 Å². The van der Waals surface area contributed by atoms with E-state index in [0.29, 0.717) is 51.8 Å². The first kappa shape index (κ1) is 41.8. The molecule has 0 aromatic carbocycles. The van der Waals surface area contributed by atoms with Crippen LogP contribution in [0.3, 0.4) is 0 Å². The summed E-state index contributed by atoms with van der Waals surface area (Å²) >= 11 is 0. The summed E-state index contributed by atoms with van der Waals surface area (Å²) in [5.41, 5.74) is 0. The lowest BCUT2D eigenvalue weighted by Crippen LogP contribution is -2.46. The van der Waals surface area contributed by atoms with Gasteiger partial charge in [0.1, 0.15) is 0 Å². The van der Waals surface area contributed by atoms with Crippen LogP contribution in [0.2, 0.25) is 12.1 Å². The molecule has 0 spiro atoms. The van der Waals surface area contributed by atoms with Gasteiger partial charge in [-0.15, -0.1) is 0 Å². The Morgan fingerprint density at radius 3 is 1.14 bits per heavy atom. The van der Waals surface area contributed by atoms with Gasteiger partial charge in [-0.1, -0.05) is 0 Å². The summed E-state index contributed by atoms with van der Waals surface area (Å²) in [5, 5.41) is 15.6. The molecule has 0 aliphatic carbocycles. The molecule has 2 aliphatic rings. The third-order valence-electron chi connectivity index (χ3n) is 5.93. The molecule has 2 heterocycles. The Balaban J connectivity index is 0.000000679. The molecule has 16 heteroatoms. The Bertz CT molecular complexity index is 751. The zero-order valence-corrected chi connectivity index (χ0v) is 29.6. The zero-order valence-electron chi connectivity index (χ0n) is 27.6. The Labute approximate surface area is 265 Å². The zero-order chi connectivity index (χ0) is 33.1. The van der Waals surface area contributed by atoms with Crippen molar-refractivity contribution in [1.82, 2.24) is 9.80 Å². The molecule has 0 saturated carbocycles. The van der Waals surface area contributed by atoms with Crippen LogP contribution in [-0.2, 0) is 36.1 Å². The number of carbonyl (C=O) groups is 2. The van der Waals surface area contributed by atoms with Crippen LogP contribution in [0.1, 0.15) is 54.4 Å². The van der Waals surface area contributed by atoms with Gasteiger partial charge in [0.05, 0.1) is 25.8 Å². The maximum absolute atomic E-state index is 9.55. The highest BCUT2D eigenvalue weighted by molar-refractivity contribution is 6.61. The molecule has 0 saturated heterocycles. The molecule has 2 aliphatic heterocycles. The predicted molar refractivity (Wildman–Crippen MR) is 174 cm³/mol. The van der Waals surface area contributed by atoms with Gasteiger partial charge in [0.25, 0.3) is 0 Å². The van der Waals surface area contributed by atoms with Gasteiger partial charge < -0.3 is 46.6 Å². The monoisotopic (exact) mass is 664 g/mol. The molecule has 0 atom stereocenters. The third-order valence-corrected chi connectivity index (χ3v) is 12.2. The number of aliphatic imine (C=N–C) groups is 2. The van der Waals surface area contributed by atoms with E-state index < -0.39 is 29.5 Å². The van der Waals surface area contributed by atoms with E-state index in [1.165, 1.54) is 0 Å². The molecule has 2 N–H and O–H groups in total. The SMILES string of the molecule is CCO[Si](CCCN1C=NCC1)(OCC)OCC.CCO[Si](CCCN1C=NCC1)(OCC)OCC.O=C(O)C=CC(=O)O. The first-order valence-electron chi connectivity index (χ1n) is 15.6.